The van der Waals surface area contributed by atoms with Gasteiger partial charge in [0, 0.05) is 18.3 Å². The number of benzene rings is 1. The minimum Gasteiger partial charge on any atom is -0.314 e. The third kappa shape index (κ3) is 2.52. The van der Waals surface area contributed by atoms with E-state index in [9.17, 15) is 0 Å². The first-order valence-electron chi connectivity index (χ1n) is 5.23. The van der Waals surface area contributed by atoms with E-state index in [2.05, 4.69) is 48.3 Å². The highest BCUT2D eigenvalue weighted by atomic mass is 32.2. The van der Waals surface area contributed by atoms with Gasteiger partial charge in [0.05, 0.1) is 0 Å². The van der Waals surface area contributed by atoms with Crippen molar-refractivity contribution < 1.29 is 0 Å². The summed E-state index contributed by atoms with van der Waals surface area (Å²) < 4.78 is 0. The lowest BCUT2D eigenvalue weighted by atomic mass is 10.1. The van der Waals surface area contributed by atoms with Crippen LogP contribution in [0.2, 0.25) is 0 Å². The Hall–Kier alpha value is -0.470. The standard InChI is InChI=1S/C12H17NS/c1-10-4-2-3-5-11(10)6-7-14-12-8-13-9-12/h2-5,12-13H,6-9H2,1H3. The van der Waals surface area contributed by atoms with E-state index in [4.69, 9.17) is 0 Å². The van der Waals surface area contributed by atoms with Crippen molar-refractivity contribution in [2.45, 2.75) is 18.6 Å². The maximum Gasteiger partial charge on any atom is 0.0297 e. The lowest BCUT2D eigenvalue weighted by Crippen LogP contribution is -2.44. The predicted molar refractivity (Wildman–Crippen MR) is 64.0 cm³/mol. The summed E-state index contributed by atoms with van der Waals surface area (Å²) >= 11 is 2.10. The lowest BCUT2D eigenvalue weighted by molar-refractivity contribution is 0.543. The molecule has 1 heterocycles. The van der Waals surface area contributed by atoms with Crippen molar-refractivity contribution in [3.05, 3.63) is 35.4 Å². The van der Waals surface area contributed by atoms with Gasteiger partial charge >= 0.3 is 0 Å². The Bertz CT molecular complexity index is 294. The van der Waals surface area contributed by atoms with Crippen LogP contribution in [-0.4, -0.2) is 24.1 Å². The molecule has 2 rings (SSSR count). The second-order valence-electron chi connectivity index (χ2n) is 3.83. The quantitative estimate of drug-likeness (QED) is 0.812. The van der Waals surface area contributed by atoms with E-state index >= 15 is 0 Å². The maximum absolute atomic E-state index is 3.30. The molecule has 0 atom stereocenters. The highest BCUT2D eigenvalue weighted by Gasteiger charge is 2.16. The molecule has 0 radical (unpaired) electrons. The Balaban J connectivity index is 1.76. The molecule has 0 spiro atoms. The molecule has 2 heteroatoms. The molecule has 1 N–H and O–H groups in total. The van der Waals surface area contributed by atoms with Gasteiger partial charge < -0.3 is 5.32 Å². The van der Waals surface area contributed by atoms with Crippen LogP contribution in [0.25, 0.3) is 0 Å². The van der Waals surface area contributed by atoms with Crippen LogP contribution >= 0.6 is 11.8 Å². The molecule has 0 unspecified atom stereocenters. The van der Waals surface area contributed by atoms with Crippen molar-refractivity contribution in [1.29, 1.82) is 0 Å². The summed E-state index contributed by atoms with van der Waals surface area (Å²) in [5, 5.41) is 4.17. The molecule has 76 valence electrons. The molecule has 0 amide bonds. The highest BCUT2D eigenvalue weighted by Crippen LogP contribution is 2.17. The molecule has 14 heavy (non-hydrogen) atoms. The monoisotopic (exact) mass is 207 g/mol. The van der Waals surface area contributed by atoms with Crippen LogP contribution in [0.15, 0.2) is 24.3 Å². The first-order valence-corrected chi connectivity index (χ1v) is 6.28. The summed E-state index contributed by atoms with van der Waals surface area (Å²) in [5.74, 6) is 1.26. The average Bonchev–Trinajstić information content (AvgIpc) is 2.12. The number of hydrogen-bond acceptors (Lipinski definition) is 2. The second kappa shape index (κ2) is 4.85. The zero-order valence-electron chi connectivity index (χ0n) is 8.62. The zero-order chi connectivity index (χ0) is 9.80. The van der Waals surface area contributed by atoms with Crippen LogP contribution in [0, 0.1) is 6.92 Å². The van der Waals surface area contributed by atoms with Crippen LogP contribution in [0.4, 0.5) is 0 Å². The predicted octanol–water partition coefficient (Wildman–Crippen LogP) is 2.24. The van der Waals surface area contributed by atoms with E-state index in [1.54, 1.807) is 0 Å². The molecule has 1 saturated heterocycles. The van der Waals surface area contributed by atoms with Gasteiger partial charge in [-0.1, -0.05) is 24.3 Å². The molecule has 1 fully saturated rings. The summed E-state index contributed by atoms with van der Waals surface area (Å²) in [5.41, 5.74) is 2.94. The van der Waals surface area contributed by atoms with Crippen LogP contribution in [0.1, 0.15) is 11.1 Å². The number of hydrogen-bond donors (Lipinski definition) is 1. The van der Waals surface area contributed by atoms with Gasteiger partial charge in [0.25, 0.3) is 0 Å². The molecule has 1 aromatic rings. The van der Waals surface area contributed by atoms with Gasteiger partial charge in [-0.15, -0.1) is 0 Å². The molecule has 1 nitrogen and oxygen atoms in total. The third-order valence-electron chi connectivity index (χ3n) is 2.73. The minimum absolute atomic E-state index is 0.874. The molecule has 1 aliphatic rings. The number of rotatable bonds is 4. The molecular weight excluding hydrogens is 190 g/mol. The van der Waals surface area contributed by atoms with E-state index in [-0.39, 0.29) is 0 Å². The number of nitrogens with one attached hydrogen (secondary N) is 1. The van der Waals surface area contributed by atoms with E-state index in [1.165, 1.54) is 36.4 Å². The van der Waals surface area contributed by atoms with Crippen molar-refractivity contribution in [3.63, 3.8) is 0 Å². The summed E-state index contributed by atoms with van der Waals surface area (Å²) in [6.07, 6.45) is 1.22. The van der Waals surface area contributed by atoms with Crippen LogP contribution in [-0.2, 0) is 6.42 Å². The normalized spacial score (nSPS) is 16.6. The van der Waals surface area contributed by atoms with E-state index in [0.717, 1.165) is 5.25 Å². The van der Waals surface area contributed by atoms with Gasteiger partial charge in [0.2, 0.25) is 0 Å². The molecule has 0 bridgehead atoms. The lowest BCUT2D eigenvalue weighted by Gasteiger charge is -2.26. The number of thioether (sulfide) groups is 1. The highest BCUT2D eigenvalue weighted by molar-refractivity contribution is 8.00. The van der Waals surface area contributed by atoms with Gasteiger partial charge in [-0.3, -0.25) is 0 Å². The van der Waals surface area contributed by atoms with Crippen molar-refractivity contribution in [2.24, 2.45) is 0 Å². The third-order valence-corrected chi connectivity index (χ3v) is 3.97. The van der Waals surface area contributed by atoms with Crippen molar-refractivity contribution in [3.8, 4) is 0 Å². The minimum atomic E-state index is 0.874. The largest absolute Gasteiger partial charge is 0.314 e. The van der Waals surface area contributed by atoms with Gasteiger partial charge in [0.1, 0.15) is 0 Å². The van der Waals surface area contributed by atoms with E-state index < -0.39 is 0 Å². The summed E-state index contributed by atoms with van der Waals surface area (Å²) in [4.78, 5) is 0. The van der Waals surface area contributed by atoms with Gasteiger partial charge in [-0.05, 0) is 30.2 Å². The Morgan fingerprint density at radius 3 is 2.79 bits per heavy atom. The first-order chi connectivity index (χ1) is 6.86. The Morgan fingerprint density at radius 1 is 1.36 bits per heavy atom. The van der Waals surface area contributed by atoms with Crippen molar-refractivity contribution >= 4 is 11.8 Å². The second-order valence-corrected chi connectivity index (χ2v) is 5.24. The fourth-order valence-electron chi connectivity index (χ4n) is 1.61. The molecular formula is C12H17NS. The molecule has 1 aliphatic heterocycles. The van der Waals surface area contributed by atoms with Gasteiger partial charge in [0.15, 0.2) is 0 Å². The van der Waals surface area contributed by atoms with Crippen molar-refractivity contribution in [2.75, 3.05) is 18.8 Å². The fraction of sp³-hybridized carbons (Fsp3) is 0.500. The van der Waals surface area contributed by atoms with Crippen LogP contribution in [0.3, 0.4) is 0 Å². The molecule has 1 aromatic carbocycles. The summed E-state index contributed by atoms with van der Waals surface area (Å²) in [6.45, 7) is 4.61. The Labute approximate surface area is 90.3 Å². The summed E-state index contributed by atoms with van der Waals surface area (Å²) in [7, 11) is 0. The van der Waals surface area contributed by atoms with Gasteiger partial charge in [-0.2, -0.15) is 11.8 Å². The Morgan fingerprint density at radius 2 is 2.14 bits per heavy atom. The number of aryl methyl sites for hydroxylation is 2. The molecule has 0 aromatic heterocycles. The molecule has 0 aliphatic carbocycles. The topological polar surface area (TPSA) is 12.0 Å². The van der Waals surface area contributed by atoms with Gasteiger partial charge in [-0.25, -0.2) is 0 Å². The van der Waals surface area contributed by atoms with Crippen molar-refractivity contribution in [1.82, 2.24) is 5.32 Å². The Kier molecular flexibility index (Phi) is 3.49. The van der Waals surface area contributed by atoms with E-state index in [1.807, 2.05) is 0 Å². The zero-order valence-corrected chi connectivity index (χ0v) is 9.44. The first kappa shape index (κ1) is 10.1. The fourth-order valence-corrected chi connectivity index (χ4v) is 2.75. The smallest absolute Gasteiger partial charge is 0.0297 e. The van der Waals surface area contributed by atoms with Crippen LogP contribution in [0.5, 0.6) is 0 Å². The maximum atomic E-state index is 3.30. The van der Waals surface area contributed by atoms with E-state index in [0.29, 0.717) is 0 Å². The van der Waals surface area contributed by atoms with Crippen LogP contribution < -0.4 is 5.32 Å². The average molecular weight is 207 g/mol. The SMILES string of the molecule is Cc1ccccc1CCSC1CNC1. The summed E-state index contributed by atoms with van der Waals surface area (Å²) in [6, 6.07) is 8.69. The molecule has 0 saturated carbocycles.